The number of para-hydroxylation sites is 3. The van der Waals surface area contributed by atoms with E-state index in [2.05, 4.69) is 94.6 Å². The van der Waals surface area contributed by atoms with Gasteiger partial charge < -0.3 is 8.98 Å². The molecule has 5 aromatic rings. The standard InChI is InChI=1S/C26H27N3O/c1-25(2,3)21-15-14-17-16-10-9-11-18(22(16)30-24(17)28-21)23-27-19-12-7-8-13-20(19)29(23)26(4,5)6/h7-15H,1-6H3. The number of imidazole rings is 1. The number of fused-ring (bicyclic) bond motifs is 4. The molecule has 0 aliphatic carbocycles. The molecule has 3 heterocycles. The molecule has 0 aliphatic heterocycles. The molecule has 3 aromatic heterocycles. The summed E-state index contributed by atoms with van der Waals surface area (Å²) < 4.78 is 8.68. The van der Waals surface area contributed by atoms with Crippen LogP contribution in [0, 0.1) is 0 Å². The fourth-order valence-corrected chi connectivity index (χ4v) is 4.16. The molecule has 152 valence electrons. The predicted octanol–water partition coefficient (Wildman–Crippen LogP) is 7.05. The van der Waals surface area contributed by atoms with Crippen LogP contribution < -0.4 is 0 Å². The largest absolute Gasteiger partial charge is 0.437 e. The molecule has 0 saturated heterocycles. The van der Waals surface area contributed by atoms with E-state index in [4.69, 9.17) is 14.4 Å². The van der Waals surface area contributed by atoms with Gasteiger partial charge in [-0.1, -0.05) is 45.0 Å². The third-order valence-corrected chi connectivity index (χ3v) is 5.61. The summed E-state index contributed by atoms with van der Waals surface area (Å²) in [5.74, 6) is 0.921. The van der Waals surface area contributed by atoms with Crippen molar-refractivity contribution in [3.8, 4) is 11.4 Å². The highest BCUT2D eigenvalue weighted by atomic mass is 16.3. The summed E-state index contributed by atoms with van der Waals surface area (Å²) in [6.45, 7) is 13.1. The van der Waals surface area contributed by atoms with Crippen molar-refractivity contribution in [3.63, 3.8) is 0 Å². The molecule has 0 unspecified atom stereocenters. The van der Waals surface area contributed by atoms with Crippen LogP contribution in [-0.2, 0) is 11.0 Å². The first-order valence-electron chi connectivity index (χ1n) is 10.5. The Balaban J connectivity index is 1.84. The minimum absolute atomic E-state index is 0.0315. The van der Waals surface area contributed by atoms with Gasteiger partial charge in [0.05, 0.1) is 16.6 Å². The molecule has 0 saturated carbocycles. The van der Waals surface area contributed by atoms with E-state index < -0.39 is 0 Å². The molecule has 0 fully saturated rings. The average molecular weight is 398 g/mol. The third kappa shape index (κ3) is 2.82. The molecule has 0 spiro atoms. The normalized spacial score (nSPS) is 13.0. The second-order valence-electron chi connectivity index (χ2n) is 10.0. The number of nitrogens with zero attached hydrogens (tertiary/aromatic N) is 3. The van der Waals surface area contributed by atoms with Gasteiger partial charge in [0.15, 0.2) is 0 Å². The number of hydrogen-bond acceptors (Lipinski definition) is 3. The molecule has 0 N–H and O–H groups in total. The monoisotopic (exact) mass is 397 g/mol. The van der Waals surface area contributed by atoms with Crippen molar-refractivity contribution in [2.24, 2.45) is 0 Å². The smallest absolute Gasteiger partial charge is 0.227 e. The third-order valence-electron chi connectivity index (χ3n) is 5.61. The SMILES string of the molecule is CC(C)(C)c1ccc2c(n1)oc1c(-c3nc4ccccc4n3C(C)(C)C)cccc12. The van der Waals surface area contributed by atoms with Gasteiger partial charge in [0.2, 0.25) is 5.71 Å². The van der Waals surface area contributed by atoms with Crippen molar-refractivity contribution in [2.75, 3.05) is 0 Å². The van der Waals surface area contributed by atoms with Crippen LogP contribution in [0.15, 0.2) is 59.0 Å². The van der Waals surface area contributed by atoms with Crippen molar-refractivity contribution in [1.82, 2.24) is 14.5 Å². The highest BCUT2D eigenvalue weighted by molar-refractivity contribution is 6.08. The van der Waals surface area contributed by atoms with Crippen LogP contribution in [0.3, 0.4) is 0 Å². The van der Waals surface area contributed by atoms with Gasteiger partial charge in [-0.05, 0) is 51.1 Å². The van der Waals surface area contributed by atoms with Gasteiger partial charge in [-0.15, -0.1) is 0 Å². The van der Waals surface area contributed by atoms with Crippen molar-refractivity contribution in [1.29, 1.82) is 0 Å². The van der Waals surface area contributed by atoms with Crippen LogP contribution in [-0.4, -0.2) is 14.5 Å². The topological polar surface area (TPSA) is 43.9 Å². The van der Waals surface area contributed by atoms with E-state index in [9.17, 15) is 0 Å². The van der Waals surface area contributed by atoms with Crippen LogP contribution in [0.5, 0.6) is 0 Å². The summed E-state index contributed by atoms with van der Waals surface area (Å²) in [6, 6.07) is 18.8. The Morgan fingerprint density at radius 3 is 2.27 bits per heavy atom. The number of rotatable bonds is 1. The van der Waals surface area contributed by atoms with Gasteiger partial charge in [0, 0.05) is 27.4 Å². The zero-order chi connectivity index (χ0) is 21.3. The molecule has 0 atom stereocenters. The van der Waals surface area contributed by atoms with E-state index in [1.807, 2.05) is 6.07 Å². The second kappa shape index (κ2) is 6.18. The Morgan fingerprint density at radius 2 is 1.53 bits per heavy atom. The molecule has 0 bridgehead atoms. The molecule has 4 nitrogen and oxygen atoms in total. The Morgan fingerprint density at radius 1 is 0.767 bits per heavy atom. The second-order valence-corrected chi connectivity index (χ2v) is 10.0. The molecule has 0 radical (unpaired) electrons. The molecule has 30 heavy (non-hydrogen) atoms. The Bertz CT molecular complexity index is 1410. The van der Waals surface area contributed by atoms with Gasteiger partial charge in [-0.3, -0.25) is 0 Å². The number of benzene rings is 2. The molecule has 0 amide bonds. The summed E-state index contributed by atoms with van der Waals surface area (Å²) in [5.41, 5.74) is 5.50. The van der Waals surface area contributed by atoms with E-state index in [1.165, 1.54) is 0 Å². The fraction of sp³-hybridized carbons (Fsp3) is 0.308. The first-order valence-corrected chi connectivity index (χ1v) is 10.5. The van der Waals surface area contributed by atoms with E-state index in [1.54, 1.807) is 0 Å². The first kappa shape index (κ1) is 18.9. The van der Waals surface area contributed by atoms with Crippen LogP contribution in [0.2, 0.25) is 0 Å². The van der Waals surface area contributed by atoms with Crippen LogP contribution in [0.1, 0.15) is 47.2 Å². The molecular weight excluding hydrogens is 370 g/mol. The Labute approximate surface area is 176 Å². The molecule has 4 heteroatoms. The quantitative estimate of drug-likeness (QED) is 0.304. The average Bonchev–Trinajstić information content (AvgIpc) is 3.24. The summed E-state index contributed by atoms with van der Waals surface area (Å²) in [4.78, 5) is 9.85. The fourth-order valence-electron chi connectivity index (χ4n) is 4.16. The lowest BCUT2D eigenvalue weighted by molar-refractivity contribution is 0.413. The number of aromatic nitrogens is 3. The summed E-state index contributed by atoms with van der Waals surface area (Å²) in [6.07, 6.45) is 0. The van der Waals surface area contributed by atoms with Gasteiger partial charge >= 0.3 is 0 Å². The van der Waals surface area contributed by atoms with Gasteiger partial charge in [0.25, 0.3) is 0 Å². The van der Waals surface area contributed by atoms with Crippen molar-refractivity contribution >= 4 is 33.1 Å². The van der Waals surface area contributed by atoms with Crippen LogP contribution in [0.25, 0.3) is 44.5 Å². The Hall–Kier alpha value is -3.14. The van der Waals surface area contributed by atoms with Crippen LogP contribution in [0.4, 0.5) is 0 Å². The van der Waals surface area contributed by atoms with Crippen molar-refractivity contribution in [3.05, 3.63) is 60.3 Å². The number of hydrogen-bond donors (Lipinski definition) is 0. The molecule has 5 rings (SSSR count). The summed E-state index contributed by atoms with van der Waals surface area (Å²) >= 11 is 0. The maximum Gasteiger partial charge on any atom is 0.227 e. The maximum absolute atomic E-state index is 6.37. The van der Waals surface area contributed by atoms with E-state index in [0.29, 0.717) is 5.71 Å². The Kier molecular flexibility index (Phi) is 3.88. The lowest BCUT2D eigenvalue weighted by Crippen LogP contribution is -2.22. The lowest BCUT2D eigenvalue weighted by Gasteiger charge is -2.24. The molecular formula is C26H27N3O. The first-order chi connectivity index (χ1) is 14.1. The predicted molar refractivity (Wildman–Crippen MR) is 124 cm³/mol. The van der Waals surface area contributed by atoms with Gasteiger partial charge in [-0.2, -0.15) is 0 Å². The number of furan rings is 1. The number of pyridine rings is 1. The zero-order valence-corrected chi connectivity index (χ0v) is 18.4. The zero-order valence-electron chi connectivity index (χ0n) is 18.4. The van der Waals surface area contributed by atoms with Gasteiger partial charge in [-0.25, -0.2) is 9.97 Å². The van der Waals surface area contributed by atoms with E-state index in [-0.39, 0.29) is 11.0 Å². The van der Waals surface area contributed by atoms with Gasteiger partial charge in [0.1, 0.15) is 11.4 Å². The molecule has 0 aliphatic rings. The summed E-state index contributed by atoms with van der Waals surface area (Å²) in [5, 5.41) is 2.11. The van der Waals surface area contributed by atoms with E-state index in [0.717, 1.165) is 44.5 Å². The highest BCUT2D eigenvalue weighted by Gasteiger charge is 2.25. The lowest BCUT2D eigenvalue weighted by atomic mass is 9.91. The van der Waals surface area contributed by atoms with Crippen molar-refractivity contribution in [2.45, 2.75) is 52.5 Å². The summed E-state index contributed by atoms with van der Waals surface area (Å²) in [7, 11) is 0. The minimum Gasteiger partial charge on any atom is -0.437 e. The minimum atomic E-state index is -0.128. The highest BCUT2D eigenvalue weighted by Crippen LogP contribution is 2.38. The van der Waals surface area contributed by atoms with E-state index >= 15 is 0 Å². The molecule has 2 aromatic carbocycles. The van der Waals surface area contributed by atoms with Crippen LogP contribution >= 0.6 is 0 Å². The maximum atomic E-state index is 6.37. The van der Waals surface area contributed by atoms with Crippen molar-refractivity contribution < 1.29 is 4.42 Å².